The molecule has 0 aromatic rings. The molecule has 0 saturated heterocycles. The Morgan fingerprint density at radius 1 is 0.415 bits per heavy atom. The first-order valence-corrected chi connectivity index (χ1v) is 20.3. The summed E-state index contributed by atoms with van der Waals surface area (Å²) in [6.07, 6.45) is -10.9. The molecular weight excluding hydrogens is 886 g/mol. The summed E-state index contributed by atoms with van der Waals surface area (Å²) in [6, 6.07) is 0. The van der Waals surface area contributed by atoms with E-state index in [4.69, 9.17) is 37.9 Å². The summed E-state index contributed by atoms with van der Waals surface area (Å²) in [6.45, 7) is 13.7. The van der Waals surface area contributed by atoms with Crippen molar-refractivity contribution in [3.05, 3.63) is 24.3 Å². The van der Waals surface area contributed by atoms with E-state index in [0.29, 0.717) is 13.8 Å². The van der Waals surface area contributed by atoms with Gasteiger partial charge in [-0.15, -0.1) is 0 Å². The molecule has 22 heteroatoms. The third-order valence-corrected chi connectivity index (χ3v) is 9.37. The van der Waals surface area contributed by atoms with Gasteiger partial charge in [-0.1, -0.05) is 27.0 Å². The Hall–Kier alpha value is -5.18. The van der Waals surface area contributed by atoms with Crippen LogP contribution in [0.15, 0.2) is 24.3 Å². The summed E-state index contributed by atoms with van der Waals surface area (Å²) < 4.78 is 130. The van der Waals surface area contributed by atoms with Gasteiger partial charge in [0, 0.05) is 11.1 Å². The lowest BCUT2D eigenvalue weighted by atomic mass is 9.95. The van der Waals surface area contributed by atoms with Crippen molar-refractivity contribution in [3.8, 4) is 0 Å². The van der Waals surface area contributed by atoms with Crippen LogP contribution < -0.4 is 0 Å². The van der Waals surface area contributed by atoms with Crippen molar-refractivity contribution in [3.63, 3.8) is 0 Å². The molecule has 8 unspecified atom stereocenters. The zero-order chi connectivity index (χ0) is 51.1. The second-order valence-electron chi connectivity index (χ2n) is 17.0. The van der Waals surface area contributed by atoms with Gasteiger partial charge in [0.2, 0.25) is 34.0 Å². The monoisotopic (exact) mass is 948 g/mol. The van der Waals surface area contributed by atoms with Crippen molar-refractivity contribution >= 4 is 47.8 Å². The van der Waals surface area contributed by atoms with Crippen LogP contribution in [0, 0.1) is 0 Å². The van der Waals surface area contributed by atoms with E-state index in [9.17, 15) is 55.9 Å². The number of rotatable bonds is 28. The van der Waals surface area contributed by atoms with Crippen molar-refractivity contribution in [1.82, 2.24) is 0 Å². The second-order valence-corrected chi connectivity index (χ2v) is 17.0. The number of carbonyl (C=O) groups excluding carboxylic acids is 8. The van der Waals surface area contributed by atoms with Gasteiger partial charge in [0.1, 0.15) is 26.4 Å². The minimum absolute atomic E-state index is 0.231. The van der Waals surface area contributed by atoms with E-state index in [0.717, 1.165) is 41.5 Å². The van der Waals surface area contributed by atoms with E-state index in [1.165, 1.54) is 27.7 Å². The van der Waals surface area contributed by atoms with Crippen LogP contribution in [-0.2, 0) is 76.3 Å². The molecule has 0 saturated carbocycles. The Bertz CT molecular complexity index is 1750. The van der Waals surface area contributed by atoms with Crippen LogP contribution in [0.3, 0.4) is 0 Å². The largest absolute Gasteiger partial charge is 0.459 e. The van der Waals surface area contributed by atoms with Gasteiger partial charge in [-0.05, 0) is 101 Å². The number of hydrogen-bond acceptors (Lipinski definition) is 16. The smallest absolute Gasteiger partial charge is 0.344 e. The Morgan fingerprint density at radius 3 is 0.969 bits per heavy atom. The number of carbonyl (C=O) groups is 8. The third kappa shape index (κ3) is 20.3. The van der Waals surface area contributed by atoms with Gasteiger partial charge in [-0.2, -0.15) is 0 Å². The standard InChI is InChI=1S/C43H62F6O16/c1-15-40(11,46)34(54)59-23-29(65-37(57)41(12,47)16-2)27(63-31(51)25(5)6)21-60-35(55)42(13,48)18-17-19-43(14,49)36(56)61-22-28(64-33(53)39(9,10)45)26(62-30(50)24(3)4)20-58-32(52)38(7,8)44/h26-29H,3,5,15-23H2,1-2,4,6-14H3. The van der Waals surface area contributed by atoms with Crippen LogP contribution in [0.4, 0.5) is 26.3 Å². The molecule has 0 radical (unpaired) electrons. The number of ether oxygens (including phenoxy) is 8. The maximum absolute atomic E-state index is 15.8. The van der Waals surface area contributed by atoms with Crippen molar-refractivity contribution in [2.45, 2.75) is 174 Å². The quantitative estimate of drug-likeness (QED) is 0.0362. The Morgan fingerprint density at radius 2 is 0.677 bits per heavy atom. The highest BCUT2D eigenvalue weighted by molar-refractivity contribution is 5.88. The molecule has 0 N–H and O–H groups in total. The zero-order valence-corrected chi connectivity index (χ0v) is 38.9. The highest BCUT2D eigenvalue weighted by Crippen LogP contribution is 2.28. The molecule has 0 aliphatic carbocycles. The van der Waals surface area contributed by atoms with Crippen molar-refractivity contribution in [2.24, 2.45) is 0 Å². The SMILES string of the molecule is C=C(C)C(=O)OC(COC(=O)C(C)(C)F)C(COC(=O)C(C)(F)CCCC(C)(F)C(=O)OCC(OC(=O)C(=C)C)C(COC(=O)C(C)(F)CC)OC(=O)C(C)(F)CC)OC(=O)C(C)(C)F. The molecule has 0 aliphatic heterocycles. The molecule has 0 spiro atoms. The molecule has 0 aromatic heterocycles. The molecule has 65 heavy (non-hydrogen) atoms. The summed E-state index contributed by atoms with van der Waals surface area (Å²) in [5.74, 6) is -11.7. The predicted molar refractivity (Wildman–Crippen MR) is 216 cm³/mol. The zero-order valence-electron chi connectivity index (χ0n) is 38.9. The van der Waals surface area contributed by atoms with E-state index in [-0.39, 0.29) is 17.6 Å². The Balaban J connectivity index is 6.24. The van der Waals surface area contributed by atoms with E-state index in [1.54, 1.807) is 0 Å². The van der Waals surface area contributed by atoms with Crippen LogP contribution in [0.1, 0.15) is 115 Å². The first-order valence-electron chi connectivity index (χ1n) is 20.3. The fraction of sp³-hybridized carbons (Fsp3) is 0.721. The van der Waals surface area contributed by atoms with Crippen LogP contribution in [-0.4, -0.2) is 133 Å². The van der Waals surface area contributed by atoms with Crippen LogP contribution in [0.2, 0.25) is 0 Å². The van der Waals surface area contributed by atoms with Crippen molar-refractivity contribution < 1.29 is 103 Å². The summed E-state index contributed by atoms with van der Waals surface area (Å²) in [4.78, 5) is 101. The lowest BCUT2D eigenvalue weighted by Gasteiger charge is -2.30. The molecule has 0 amide bonds. The fourth-order valence-corrected chi connectivity index (χ4v) is 4.38. The first kappa shape index (κ1) is 59.8. The molecule has 372 valence electrons. The molecule has 8 atom stereocenters. The van der Waals surface area contributed by atoms with Crippen molar-refractivity contribution in [1.29, 1.82) is 0 Å². The average molecular weight is 949 g/mol. The summed E-state index contributed by atoms with van der Waals surface area (Å²) in [5, 5.41) is 0. The van der Waals surface area contributed by atoms with Gasteiger partial charge in [-0.25, -0.2) is 64.7 Å². The molecular formula is C43H62F6O16. The van der Waals surface area contributed by atoms with Crippen LogP contribution in [0.5, 0.6) is 0 Å². The van der Waals surface area contributed by atoms with Gasteiger partial charge in [0.15, 0.2) is 24.4 Å². The maximum atomic E-state index is 15.8. The van der Waals surface area contributed by atoms with Crippen LogP contribution >= 0.6 is 0 Å². The maximum Gasteiger partial charge on any atom is 0.344 e. The van der Waals surface area contributed by atoms with Gasteiger partial charge in [-0.3, -0.25) is 0 Å². The molecule has 0 fully saturated rings. The van der Waals surface area contributed by atoms with Crippen LogP contribution in [0.25, 0.3) is 0 Å². The predicted octanol–water partition coefficient (Wildman–Crippen LogP) is 6.36. The number of hydrogen-bond donors (Lipinski definition) is 0. The van der Waals surface area contributed by atoms with E-state index >= 15 is 8.78 Å². The minimum atomic E-state index is -2.99. The highest BCUT2D eigenvalue weighted by Gasteiger charge is 2.44. The second kappa shape index (κ2) is 24.4. The molecule has 0 aromatic carbocycles. The topological polar surface area (TPSA) is 210 Å². The average Bonchev–Trinajstić information content (AvgIpc) is 3.18. The number of alkyl halides is 6. The van der Waals surface area contributed by atoms with E-state index < -0.39 is 158 Å². The normalized spacial score (nSPS) is 17.3. The summed E-state index contributed by atoms with van der Waals surface area (Å²) in [7, 11) is 0. The van der Waals surface area contributed by atoms with Gasteiger partial charge in [0.05, 0.1) is 0 Å². The highest BCUT2D eigenvalue weighted by atomic mass is 19.2. The first-order chi connectivity index (χ1) is 29.4. The lowest BCUT2D eigenvalue weighted by Crippen LogP contribution is -2.47. The van der Waals surface area contributed by atoms with E-state index in [1.807, 2.05) is 0 Å². The molecule has 0 bridgehead atoms. The molecule has 0 heterocycles. The Labute approximate surface area is 374 Å². The van der Waals surface area contributed by atoms with Crippen molar-refractivity contribution in [2.75, 3.05) is 26.4 Å². The Kier molecular flexibility index (Phi) is 22.4. The third-order valence-electron chi connectivity index (χ3n) is 9.37. The fourth-order valence-electron chi connectivity index (χ4n) is 4.38. The lowest BCUT2D eigenvalue weighted by molar-refractivity contribution is -0.191. The number of halogens is 6. The van der Waals surface area contributed by atoms with Gasteiger partial charge < -0.3 is 37.9 Å². The summed E-state index contributed by atoms with van der Waals surface area (Å²) in [5.41, 5.74) is -16.9. The molecule has 16 nitrogen and oxygen atoms in total. The minimum Gasteiger partial charge on any atom is -0.459 e. The van der Waals surface area contributed by atoms with E-state index in [2.05, 4.69) is 13.2 Å². The van der Waals surface area contributed by atoms with Gasteiger partial charge in [0.25, 0.3) is 0 Å². The molecule has 0 rings (SSSR count). The van der Waals surface area contributed by atoms with Gasteiger partial charge >= 0.3 is 47.8 Å². The summed E-state index contributed by atoms with van der Waals surface area (Å²) >= 11 is 0. The molecule has 0 aliphatic rings. The number of esters is 8.